The summed E-state index contributed by atoms with van der Waals surface area (Å²) in [5.41, 5.74) is 2.34. The van der Waals surface area contributed by atoms with E-state index in [0.717, 1.165) is 29.1 Å². The van der Waals surface area contributed by atoms with Crippen molar-refractivity contribution in [2.45, 2.75) is 19.4 Å². The third kappa shape index (κ3) is 4.39. The van der Waals surface area contributed by atoms with Crippen LogP contribution >= 0.6 is 11.3 Å². The van der Waals surface area contributed by atoms with E-state index in [1.165, 1.54) is 23.9 Å². The van der Waals surface area contributed by atoms with Crippen LogP contribution in [-0.2, 0) is 11.3 Å². The number of oxazole rings is 1. The number of nitrogens with one attached hydrogen (secondary N) is 1. The maximum atomic E-state index is 12.6. The average Bonchev–Trinajstić information content (AvgIpc) is 3.49. The third-order valence-corrected chi connectivity index (χ3v) is 5.85. The normalized spacial score (nSPS) is 16.1. The molecule has 1 atom stereocenters. The van der Waals surface area contributed by atoms with Gasteiger partial charge in [-0.15, -0.1) is 11.3 Å². The Morgan fingerprint density at radius 3 is 2.90 bits per heavy atom. The van der Waals surface area contributed by atoms with Crippen molar-refractivity contribution < 1.29 is 14.0 Å². The van der Waals surface area contributed by atoms with E-state index >= 15 is 0 Å². The van der Waals surface area contributed by atoms with Crippen molar-refractivity contribution in [3.05, 3.63) is 58.6 Å². The van der Waals surface area contributed by atoms with Crippen molar-refractivity contribution >= 4 is 23.2 Å². The van der Waals surface area contributed by atoms with Gasteiger partial charge >= 0.3 is 0 Å². The molecule has 1 aromatic carbocycles. The van der Waals surface area contributed by atoms with Crippen LogP contribution in [0.1, 0.15) is 34.0 Å². The zero-order valence-corrected chi connectivity index (χ0v) is 16.9. The minimum atomic E-state index is -0.261. The molecule has 0 radical (unpaired) electrons. The number of nitriles is 1. The van der Waals surface area contributed by atoms with Crippen LogP contribution in [0.4, 0.5) is 0 Å². The number of benzene rings is 1. The predicted molar refractivity (Wildman–Crippen MR) is 109 cm³/mol. The van der Waals surface area contributed by atoms with Crippen molar-refractivity contribution in [2.24, 2.45) is 5.92 Å². The number of hydrogen-bond acceptors (Lipinski definition) is 7. The van der Waals surface area contributed by atoms with Crippen molar-refractivity contribution in [3.8, 4) is 17.3 Å². The first-order valence-corrected chi connectivity index (χ1v) is 10.4. The molecule has 0 aliphatic carbocycles. The van der Waals surface area contributed by atoms with Crippen LogP contribution in [0.25, 0.3) is 11.3 Å². The maximum absolute atomic E-state index is 12.6. The van der Waals surface area contributed by atoms with Gasteiger partial charge in [0.15, 0.2) is 6.39 Å². The number of amides is 2. The highest BCUT2D eigenvalue weighted by Crippen LogP contribution is 2.23. The number of nitrogens with zero attached hydrogens (tertiary/aromatic N) is 4. The van der Waals surface area contributed by atoms with E-state index in [1.54, 1.807) is 17.0 Å². The Morgan fingerprint density at radius 2 is 2.17 bits per heavy atom. The van der Waals surface area contributed by atoms with Crippen LogP contribution in [0.5, 0.6) is 0 Å². The molecule has 0 unspecified atom stereocenters. The molecule has 1 saturated heterocycles. The summed E-state index contributed by atoms with van der Waals surface area (Å²) in [7, 11) is 0. The number of thiazole rings is 1. The smallest absolute Gasteiger partial charge is 0.291 e. The van der Waals surface area contributed by atoms with E-state index in [0.29, 0.717) is 25.2 Å². The zero-order chi connectivity index (χ0) is 20.9. The highest BCUT2D eigenvalue weighted by atomic mass is 32.1. The van der Waals surface area contributed by atoms with E-state index in [-0.39, 0.29) is 23.5 Å². The summed E-state index contributed by atoms with van der Waals surface area (Å²) >= 11 is 1.47. The number of piperidine rings is 1. The molecule has 30 heavy (non-hydrogen) atoms. The van der Waals surface area contributed by atoms with Gasteiger partial charge in [0.25, 0.3) is 5.91 Å². The molecule has 152 valence electrons. The molecule has 2 amide bonds. The Labute approximate surface area is 177 Å². The number of carbonyl (C=O) groups excluding carboxylic acids is 2. The van der Waals surface area contributed by atoms with E-state index in [1.807, 2.05) is 17.5 Å². The molecule has 1 aliphatic heterocycles. The molecule has 1 fully saturated rings. The van der Waals surface area contributed by atoms with E-state index in [2.05, 4.69) is 21.4 Å². The lowest BCUT2D eigenvalue weighted by Gasteiger charge is -2.31. The van der Waals surface area contributed by atoms with Crippen molar-refractivity contribution in [3.63, 3.8) is 0 Å². The topological polar surface area (TPSA) is 112 Å². The Balaban J connectivity index is 1.32. The molecular weight excluding hydrogens is 402 g/mol. The van der Waals surface area contributed by atoms with Gasteiger partial charge in [-0.05, 0) is 25.0 Å². The van der Waals surface area contributed by atoms with E-state index in [9.17, 15) is 9.59 Å². The number of aromatic nitrogens is 2. The lowest BCUT2D eigenvalue weighted by molar-refractivity contribution is -0.126. The fraction of sp³-hybridized carbons (Fsp3) is 0.286. The molecule has 1 aliphatic rings. The molecule has 9 heteroatoms. The molecular formula is C21H19N5O3S. The molecule has 4 rings (SSSR count). The summed E-state index contributed by atoms with van der Waals surface area (Å²) in [6.45, 7) is 1.30. The van der Waals surface area contributed by atoms with Crippen molar-refractivity contribution in [2.75, 3.05) is 13.1 Å². The molecule has 0 saturated carbocycles. The van der Waals surface area contributed by atoms with Gasteiger partial charge in [0.2, 0.25) is 11.7 Å². The fourth-order valence-corrected chi connectivity index (χ4v) is 4.14. The first-order chi connectivity index (χ1) is 14.6. The predicted octanol–water partition coefficient (Wildman–Crippen LogP) is 2.84. The summed E-state index contributed by atoms with van der Waals surface area (Å²) in [6.07, 6.45) is 4.11. The van der Waals surface area contributed by atoms with Crippen LogP contribution < -0.4 is 5.32 Å². The van der Waals surface area contributed by atoms with Gasteiger partial charge in [-0.1, -0.05) is 12.1 Å². The van der Waals surface area contributed by atoms with Crippen molar-refractivity contribution in [1.82, 2.24) is 20.2 Å². The first-order valence-electron chi connectivity index (χ1n) is 9.54. The number of hydrogen-bond donors (Lipinski definition) is 1. The van der Waals surface area contributed by atoms with E-state index < -0.39 is 0 Å². The minimum Gasteiger partial charge on any atom is -0.438 e. The molecule has 0 spiro atoms. The van der Waals surface area contributed by atoms with Gasteiger partial charge < -0.3 is 14.6 Å². The largest absolute Gasteiger partial charge is 0.438 e. The molecule has 3 heterocycles. The highest BCUT2D eigenvalue weighted by Gasteiger charge is 2.30. The SMILES string of the molecule is N#Cc1ccc(-c2csc(CNC(=O)[C@H]3CCCN(C(=O)c4cnco4)C3)n2)cc1. The Bertz CT molecular complexity index is 1070. The van der Waals surface area contributed by atoms with Crippen LogP contribution in [0.3, 0.4) is 0 Å². The van der Waals surface area contributed by atoms with Crippen molar-refractivity contribution in [1.29, 1.82) is 5.26 Å². The van der Waals surface area contributed by atoms with Gasteiger partial charge in [-0.25, -0.2) is 9.97 Å². The fourth-order valence-electron chi connectivity index (χ4n) is 3.40. The summed E-state index contributed by atoms with van der Waals surface area (Å²) in [4.78, 5) is 35.0. The Morgan fingerprint density at radius 1 is 1.33 bits per heavy atom. The first kappa shape index (κ1) is 19.8. The lowest BCUT2D eigenvalue weighted by Crippen LogP contribution is -2.45. The van der Waals surface area contributed by atoms with Gasteiger partial charge in [-0.3, -0.25) is 9.59 Å². The van der Waals surface area contributed by atoms with Gasteiger partial charge in [0, 0.05) is 24.0 Å². The monoisotopic (exact) mass is 421 g/mol. The van der Waals surface area contributed by atoms with Gasteiger partial charge in [0.1, 0.15) is 5.01 Å². The zero-order valence-electron chi connectivity index (χ0n) is 16.1. The number of rotatable bonds is 5. The molecule has 2 aromatic heterocycles. The van der Waals surface area contributed by atoms with Crippen LogP contribution in [0.2, 0.25) is 0 Å². The number of carbonyl (C=O) groups is 2. The second-order valence-electron chi connectivity index (χ2n) is 6.99. The standard InChI is InChI=1S/C21H19N5O3S/c22-8-14-3-5-15(6-4-14)17-12-30-19(25-17)10-24-20(27)16-2-1-7-26(11-16)21(28)18-9-23-13-29-18/h3-6,9,12-13,16H,1-2,7,10-11H2,(H,24,27)/t16-/m0/s1. The summed E-state index contributed by atoms with van der Waals surface area (Å²) in [5.74, 6) is -0.394. The molecule has 3 aromatic rings. The molecule has 1 N–H and O–H groups in total. The number of likely N-dealkylation sites (tertiary alicyclic amines) is 1. The molecule has 0 bridgehead atoms. The van der Waals surface area contributed by atoms with Crippen LogP contribution in [0.15, 0.2) is 46.7 Å². The summed E-state index contributed by atoms with van der Waals surface area (Å²) in [5, 5.41) is 14.6. The Kier molecular flexibility index (Phi) is 5.86. The lowest BCUT2D eigenvalue weighted by atomic mass is 9.97. The maximum Gasteiger partial charge on any atom is 0.291 e. The van der Waals surface area contributed by atoms with Gasteiger partial charge in [0.05, 0.1) is 36.0 Å². The van der Waals surface area contributed by atoms with Crippen LogP contribution in [-0.4, -0.2) is 39.8 Å². The highest BCUT2D eigenvalue weighted by molar-refractivity contribution is 7.09. The summed E-state index contributed by atoms with van der Waals surface area (Å²) in [6, 6.07) is 9.32. The average molecular weight is 421 g/mol. The Hall–Kier alpha value is -3.51. The third-order valence-electron chi connectivity index (χ3n) is 5.00. The van der Waals surface area contributed by atoms with Gasteiger partial charge in [-0.2, -0.15) is 5.26 Å². The minimum absolute atomic E-state index is 0.0832. The van der Waals surface area contributed by atoms with Crippen LogP contribution in [0, 0.1) is 17.2 Å². The molecule has 8 nitrogen and oxygen atoms in total. The summed E-state index contributed by atoms with van der Waals surface area (Å²) < 4.78 is 5.08. The quantitative estimate of drug-likeness (QED) is 0.678. The van der Waals surface area contributed by atoms with E-state index in [4.69, 9.17) is 9.68 Å². The second-order valence-corrected chi connectivity index (χ2v) is 7.93. The second kappa shape index (κ2) is 8.88.